The van der Waals surface area contributed by atoms with E-state index in [2.05, 4.69) is 25.7 Å². The van der Waals surface area contributed by atoms with Crippen LogP contribution in [-0.2, 0) is 9.53 Å². The maximum absolute atomic E-state index is 13.1. The first-order chi connectivity index (χ1) is 9.76. The molecule has 21 heavy (non-hydrogen) atoms. The van der Waals surface area contributed by atoms with E-state index in [1.54, 1.807) is 0 Å². The van der Waals surface area contributed by atoms with Gasteiger partial charge in [-0.05, 0) is 26.9 Å². The zero-order chi connectivity index (χ0) is 15.8. The monoisotopic (exact) mass is 297 g/mol. The first kappa shape index (κ1) is 16.7. The highest BCUT2D eigenvalue weighted by Gasteiger charge is 2.71. The Morgan fingerprint density at radius 2 is 1.95 bits per heavy atom. The lowest BCUT2D eigenvalue weighted by Crippen LogP contribution is -2.80. The van der Waals surface area contributed by atoms with Crippen LogP contribution >= 0.6 is 0 Å². The minimum Gasteiger partial charge on any atom is -0.377 e. The summed E-state index contributed by atoms with van der Waals surface area (Å²) in [6.45, 7) is 9.38. The van der Waals surface area contributed by atoms with Crippen molar-refractivity contribution in [1.82, 2.24) is 9.80 Å². The largest absolute Gasteiger partial charge is 0.377 e. The molecule has 3 unspecified atom stereocenters. The van der Waals surface area contributed by atoms with E-state index >= 15 is 0 Å². The molecule has 3 atom stereocenters. The van der Waals surface area contributed by atoms with Crippen molar-refractivity contribution in [3.63, 3.8) is 0 Å². The van der Waals surface area contributed by atoms with Gasteiger partial charge in [-0.1, -0.05) is 20.8 Å². The number of hydrogen-bond acceptors (Lipinski definition) is 4. The minimum absolute atomic E-state index is 0.114. The molecule has 0 radical (unpaired) electrons. The molecular weight excluding hydrogens is 266 g/mol. The number of hydrogen-bond donors (Lipinski definition) is 1. The number of nitrogens with zero attached hydrogens (tertiary/aromatic N) is 2. The average molecular weight is 297 g/mol. The first-order valence-electron chi connectivity index (χ1n) is 8.11. The fourth-order valence-corrected chi connectivity index (χ4v) is 3.99. The van der Waals surface area contributed by atoms with Gasteiger partial charge in [0.2, 0.25) is 5.91 Å². The van der Waals surface area contributed by atoms with E-state index < -0.39 is 5.54 Å². The van der Waals surface area contributed by atoms with Gasteiger partial charge in [0.15, 0.2) is 0 Å². The SMILES string of the molecule is CCCN(CCN(C)C)C(=O)C1(N)C2CCOC2C1(C)C. The van der Waals surface area contributed by atoms with Crippen molar-refractivity contribution in [2.75, 3.05) is 40.3 Å². The molecule has 2 aliphatic rings. The molecule has 2 N–H and O–H groups in total. The Morgan fingerprint density at radius 1 is 1.29 bits per heavy atom. The maximum atomic E-state index is 13.1. The number of likely N-dealkylation sites (N-methyl/N-ethyl adjacent to an activating group) is 1. The summed E-state index contributed by atoms with van der Waals surface area (Å²) < 4.78 is 5.79. The van der Waals surface area contributed by atoms with Gasteiger partial charge in [-0.2, -0.15) is 0 Å². The standard InChI is InChI=1S/C16H31N3O2/c1-6-8-19(10-9-18(4)5)14(20)16(17)12-7-11-21-13(12)15(16,2)3/h12-13H,6-11,17H2,1-5H3. The van der Waals surface area contributed by atoms with Crippen LogP contribution in [0.2, 0.25) is 0 Å². The molecular formula is C16H31N3O2. The van der Waals surface area contributed by atoms with Gasteiger partial charge in [-0.25, -0.2) is 0 Å². The molecule has 2 rings (SSSR count). The van der Waals surface area contributed by atoms with Gasteiger partial charge in [0.05, 0.1) is 6.10 Å². The number of carbonyl (C=O) groups excluding carboxylic acids is 1. The fraction of sp³-hybridized carbons (Fsp3) is 0.938. The minimum atomic E-state index is -0.768. The average Bonchev–Trinajstić information content (AvgIpc) is 2.89. The Morgan fingerprint density at radius 3 is 2.52 bits per heavy atom. The van der Waals surface area contributed by atoms with Crippen LogP contribution in [0.1, 0.15) is 33.6 Å². The zero-order valence-corrected chi connectivity index (χ0v) is 14.2. The Bertz CT molecular complexity index is 397. The lowest BCUT2D eigenvalue weighted by atomic mass is 9.47. The van der Waals surface area contributed by atoms with E-state index in [4.69, 9.17) is 10.5 Å². The number of nitrogens with two attached hydrogens (primary N) is 1. The lowest BCUT2D eigenvalue weighted by molar-refractivity contribution is -0.184. The summed E-state index contributed by atoms with van der Waals surface area (Å²) in [7, 11) is 4.06. The summed E-state index contributed by atoms with van der Waals surface area (Å²) in [5.41, 5.74) is 5.61. The smallest absolute Gasteiger partial charge is 0.243 e. The summed E-state index contributed by atoms with van der Waals surface area (Å²) in [6.07, 6.45) is 2.01. The van der Waals surface area contributed by atoms with Crippen LogP contribution in [0.3, 0.4) is 0 Å². The number of carbonyl (C=O) groups is 1. The zero-order valence-electron chi connectivity index (χ0n) is 14.2. The van der Waals surface area contributed by atoms with E-state index in [1.807, 2.05) is 19.0 Å². The second-order valence-electron chi connectivity index (χ2n) is 7.37. The van der Waals surface area contributed by atoms with E-state index in [9.17, 15) is 4.79 Å². The summed E-state index contributed by atoms with van der Waals surface area (Å²) in [4.78, 5) is 17.2. The molecule has 1 heterocycles. The second-order valence-corrected chi connectivity index (χ2v) is 7.37. The Labute approximate surface area is 128 Å². The van der Waals surface area contributed by atoms with Crippen molar-refractivity contribution in [1.29, 1.82) is 0 Å². The van der Waals surface area contributed by atoms with Crippen molar-refractivity contribution in [3.8, 4) is 0 Å². The Kier molecular flexibility index (Phi) is 4.66. The highest BCUT2D eigenvalue weighted by atomic mass is 16.5. The van der Waals surface area contributed by atoms with Crippen molar-refractivity contribution in [2.24, 2.45) is 17.1 Å². The topological polar surface area (TPSA) is 58.8 Å². The number of fused-ring (bicyclic) bond motifs is 1. The summed E-state index contributed by atoms with van der Waals surface area (Å²) in [5, 5.41) is 0. The van der Waals surface area contributed by atoms with Crippen LogP contribution in [0.5, 0.6) is 0 Å². The quantitative estimate of drug-likeness (QED) is 0.792. The molecule has 5 nitrogen and oxygen atoms in total. The normalized spacial score (nSPS) is 33.7. The molecule has 1 aliphatic carbocycles. The van der Waals surface area contributed by atoms with Crippen LogP contribution in [0.25, 0.3) is 0 Å². The third-order valence-corrected chi connectivity index (χ3v) is 5.41. The number of amides is 1. The van der Waals surface area contributed by atoms with Crippen molar-refractivity contribution in [3.05, 3.63) is 0 Å². The second kappa shape index (κ2) is 5.86. The summed E-state index contributed by atoms with van der Waals surface area (Å²) >= 11 is 0. The number of rotatable bonds is 6. The maximum Gasteiger partial charge on any atom is 0.243 e. The van der Waals surface area contributed by atoms with Crippen LogP contribution in [-0.4, -0.2) is 67.7 Å². The Balaban J connectivity index is 2.15. The molecule has 1 saturated heterocycles. The predicted molar refractivity (Wildman–Crippen MR) is 84.0 cm³/mol. The fourth-order valence-electron chi connectivity index (χ4n) is 3.99. The molecule has 122 valence electrons. The van der Waals surface area contributed by atoms with Gasteiger partial charge in [-0.15, -0.1) is 0 Å². The van der Waals surface area contributed by atoms with Crippen LogP contribution in [0.15, 0.2) is 0 Å². The van der Waals surface area contributed by atoms with Gasteiger partial charge in [0.1, 0.15) is 5.54 Å². The van der Waals surface area contributed by atoms with Crippen molar-refractivity contribution in [2.45, 2.75) is 45.3 Å². The first-order valence-corrected chi connectivity index (χ1v) is 8.11. The van der Waals surface area contributed by atoms with Crippen molar-refractivity contribution >= 4 is 5.91 Å². The number of ether oxygens (including phenoxy) is 1. The highest BCUT2D eigenvalue weighted by molar-refractivity contribution is 5.89. The van der Waals surface area contributed by atoms with Crippen LogP contribution in [0.4, 0.5) is 0 Å². The molecule has 1 amide bonds. The van der Waals surface area contributed by atoms with Gasteiger partial charge in [-0.3, -0.25) is 4.79 Å². The molecule has 2 fully saturated rings. The summed E-state index contributed by atoms with van der Waals surface area (Å²) in [6, 6.07) is 0. The van der Waals surface area contributed by atoms with E-state index in [0.717, 1.165) is 39.1 Å². The molecule has 0 aromatic carbocycles. The Hall–Kier alpha value is -0.650. The van der Waals surface area contributed by atoms with Crippen molar-refractivity contribution < 1.29 is 9.53 Å². The lowest BCUT2D eigenvalue weighted by Gasteiger charge is -2.61. The molecule has 1 aliphatic heterocycles. The molecule has 0 aromatic heterocycles. The molecule has 0 spiro atoms. The van der Waals surface area contributed by atoms with Crippen LogP contribution in [0, 0.1) is 11.3 Å². The molecule has 1 saturated carbocycles. The van der Waals surface area contributed by atoms with Gasteiger partial charge < -0.3 is 20.3 Å². The molecule has 0 bridgehead atoms. The van der Waals surface area contributed by atoms with Gasteiger partial charge in [0.25, 0.3) is 0 Å². The van der Waals surface area contributed by atoms with E-state index in [-0.39, 0.29) is 23.3 Å². The predicted octanol–water partition coefficient (Wildman–Crippen LogP) is 0.929. The molecule has 0 aromatic rings. The highest BCUT2D eigenvalue weighted by Crippen LogP contribution is 2.58. The molecule has 5 heteroatoms. The van der Waals surface area contributed by atoms with E-state index in [1.165, 1.54) is 0 Å². The third kappa shape index (κ3) is 2.49. The summed E-state index contributed by atoms with van der Waals surface area (Å²) in [5.74, 6) is 0.293. The van der Waals surface area contributed by atoms with Gasteiger partial charge in [0, 0.05) is 37.6 Å². The van der Waals surface area contributed by atoms with E-state index in [0.29, 0.717) is 0 Å². The third-order valence-electron chi connectivity index (χ3n) is 5.41. The van der Waals surface area contributed by atoms with Gasteiger partial charge >= 0.3 is 0 Å². The van der Waals surface area contributed by atoms with Crippen LogP contribution < -0.4 is 5.73 Å².